The Labute approximate surface area is 108 Å². The highest BCUT2D eigenvalue weighted by atomic mass is 14.9. The predicted molar refractivity (Wildman–Crippen MR) is 69.6 cm³/mol. The van der Waals surface area contributed by atoms with Gasteiger partial charge in [0, 0.05) is 12.4 Å². The van der Waals surface area contributed by atoms with Gasteiger partial charge in [0.05, 0.1) is 6.04 Å². The fourth-order valence-electron chi connectivity index (χ4n) is 5.30. The van der Waals surface area contributed by atoms with Crippen LogP contribution < -0.4 is 5.73 Å². The molecule has 5 rings (SSSR count). The van der Waals surface area contributed by atoms with Crippen molar-refractivity contribution in [3.8, 4) is 0 Å². The van der Waals surface area contributed by atoms with Crippen LogP contribution in [0.15, 0.2) is 18.5 Å². The molecule has 1 aromatic rings. The molecule has 0 spiro atoms. The van der Waals surface area contributed by atoms with Gasteiger partial charge >= 0.3 is 0 Å². The van der Waals surface area contributed by atoms with Crippen molar-refractivity contribution in [3.05, 3.63) is 24.3 Å². The molecule has 96 valence electrons. The van der Waals surface area contributed by atoms with E-state index in [1.165, 1.54) is 38.5 Å². The first-order valence-corrected chi connectivity index (χ1v) is 7.28. The number of hydrogen-bond donors (Lipinski definition) is 1. The highest BCUT2D eigenvalue weighted by Gasteiger charge is 2.54. The van der Waals surface area contributed by atoms with Gasteiger partial charge in [0.15, 0.2) is 0 Å². The molecule has 2 N–H and O–H groups in total. The summed E-state index contributed by atoms with van der Waals surface area (Å²) < 4.78 is 0. The Morgan fingerprint density at radius 3 is 2.00 bits per heavy atom. The molecular weight excluding hydrogens is 222 g/mol. The van der Waals surface area contributed by atoms with E-state index >= 15 is 0 Å². The number of rotatable bonds is 2. The largest absolute Gasteiger partial charge is 0.321 e. The summed E-state index contributed by atoms with van der Waals surface area (Å²) in [4.78, 5) is 8.80. The van der Waals surface area contributed by atoms with Crippen LogP contribution >= 0.6 is 0 Å². The Hall–Kier alpha value is -0.960. The van der Waals surface area contributed by atoms with E-state index in [0.717, 1.165) is 23.6 Å². The Bertz CT molecular complexity index is 407. The van der Waals surface area contributed by atoms with Gasteiger partial charge in [-0.2, -0.15) is 0 Å². The van der Waals surface area contributed by atoms with Gasteiger partial charge in [-0.05, 0) is 67.8 Å². The van der Waals surface area contributed by atoms with Crippen molar-refractivity contribution in [1.82, 2.24) is 9.97 Å². The fraction of sp³-hybridized carbons (Fsp3) is 0.733. The monoisotopic (exact) mass is 243 g/mol. The third-order valence-corrected chi connectivity index (χ3v) is 5.61. The molecule has 3 heteroatoms. The van der Waals surface area contributed by atoms with Crippen LogP contribution in [0.2, 0.25) is 0 Å². The molecule has 1 unspecified atom stereocenters. The standard InChI is InChI=1S/C15H21N3/c16-13(14-17-2-1-3-18-14)15-7-10-4-11(8-15)6-12(5-10)9-15/h1-3,10-13H,4-9,16H2. The van der Waals surface area contributed by atoms with Crippen LogP contribution in [0.1, 0.15) is 50.4 Å². The van der Waals surface area contributed by atoms with Crippen molar-refractivity contribution in [2.45, 2.75) is 44.6 Å². The first-order chi connectivity index (χ1) is 8.75. The zero-order chi connectivity index (χ0) is 12.2. The van der Waals surface area contributed by atoms with Crippen LogP contribution in [0.5, 0.6) is 0 Å². The van der Waals surface area contributed by atoms with Gasteiger partial charge < -0.3 is 5.73 Å². The van der Waals surface area contributed by atoms with Crippen molar-refractivity contribution in [1.29, 1.82) is 0 Å². The van der Waals surface area contributed by atoms with E-state index in [1.54, 1.807) is 0 Å². The molecule has 4 aliphatic carbocycles. The van der Waals surface area contributed by atoms with Crippen molar-refractivity contribution in [2.24, 2.45) is 28.9 Å². The molecule has 4 fully saturated rings. The highest BCUT2D eigenvalue weighted by Crippen LogP contribution is 2.63. The van der Waals surface area contributed by atoms with Gasteiger partial charge in [0.2, 0.25) is 0 Å². The minimum absolute atomic E-state index is 0.0482. The van der Waals surface area contributed by atoms with E-state index in [2.05, 4.69) is 9.97 Å². The Balaban J connectivity index is 1.67. The summed E-state index contributed by atoms with van der Waals surface area (Å²) in [5.74, 6) is 3.67. The van der Waals surface area contributed by atoms with E-state index in [1.807, 2.05) is 18.5 Å². The lowest BCUT2D eigenvalue weighted by Crippen LogP contribution is -2.51. The van der Waals surface area contributed by atoms with Crippen molar-refractivity contribution < 1.29 is 0 Å². The van der Waals surface area contributed by atoms with Crippen LogP contribution in [0.3, 0.4) is 0 Å². The smallest absolute Gasteiger partial charge is 0.145 e. The second-order valence-corrected chi connectivity index (χ2v) is 6.86. The van der Waals surface area contributed by atoms with Gasteiger partial charge in [0.1, 0.15) is 5.82 Å². The zero-order valence-corrected chi connectivity index (χ0v) is 10.8. The van der Waals surface area contributed by atoms with E-state index in [4.69, 9.17) is 5.73 Å². The van der Waals surface area contributed by atoms with Crippen LogP contribution in [-0.2, 0) is 0 Å². The summed E-state index contributed by atoms with van der Waals surface area (Å²) in [6, 6.07) is 1.92. The van der Waals surface area contributed by atoms with Crippen LogP contribution in [0.25, 0.3) is 0 Å². The minimum Gasteiger partial charge on any atom is -0.321 e. The summed E-state index contributed by atoms with van der Waals surface area (Å²) in [5.41, 5.74) is 6.88. The number of nitrogens with zero attached hydrogens (tertiary/aromatic N) is 2. The molecule has 18 heavy (non-hydrogen) atoms. The first-order valence-electron chi connectivity index (χ1n) is 7.28. The molecule has 4 saturated carbocycles. The predicted octanol–water partition coefficient (Wildman–Crippen LogP) is 2.69. The molecule has 4 aliphatic rings. The summed E-state index contributed by atoms with van der Waals surface area (Å²) in [6.07, 6.45) is 12.0. The van der Waals surface area contributed by atoms with Crippen LogP contribution in [-0.4, -0.2) is 9.97 Å². The summed E-state index contributed by atoms with van der Waals surface area (Å²) in [5, 5.41) is 0. The fourth-order valence-corrected chi connectivity index (χ4v) is 5.30. The molecule has 0 amide bonds. The van der Waals surface area contributed by atoms with Gasteiger partial charge in [-0.1, -0.05) is 0 Å². The number of nitrogens with two attached hydrogens (primary N) is 1. The van der Waals surface area contributed by atoms with E-state index in [-0.39, 0.29) is 6.04 Å². The Kier molecular flexibility index (Phi) is 2.28. The minimum atomic E-state index is 0.0482. The van der Waals surface area contributed by atoms with Crippen molar-refractivity contribution >= 4 is 0 Å². The molecule has 0 saturated heterocycles. The van der Waals surface area contributed by atoms with Crippen molar-refractivity contribution in [3.63, 3.8) is 0 Å². The first kappa shape index (κ1) is 10.9. The number of hydrogen-bond acceptors (Lipinski definition) is 3. The van der Waals surface area contributed by atoms with Crippen molar-refractivity contribution in [2.75, 3.05) is 0 Å². The van der Waals surface area contributed by atoms with Gasteiger partial charge in [-0.15, -0.1) is 0 Å². The third-order valence-electron chi connectivity index (χ3n) is 5.61. The lowest BCUT2D eigenvalue weighted by Gasteiger charge is -2.58. The van der Waals surface area contributed by atoms with E-state index in [9.17, 15) is 0 Å². The molecule has 1 aromatic heterocycles. The average Bonchev–Trinajstić information content (AvgIpc) is 2.37. The van der Waals surface area contributed by atoms with Gasteiger partial charge in [0.25, 0.3) is 0 Å². The second kappa shape index (κ2) is 3.77. The van der Waals surface area contributed by atoms with E-state index < -0.39 is 0 Å². The summed E-state index contributed by atoms with van der Waals surface area (Å²) in [6.45, 7) is 0. The molecular formula is C15H21N3. The van der Waals surface area contributed by atoms with Crippen LogP contribution in [0, 0.1) is 23.2 Å². The molecule has 0 aromatic carbocycles. The lowest BCUT2D eigenvalue weighted by atomic mass is 9.47. The quantitative estimate of drug-likeness (QED) is 0.869. The lowest BCUT2D eigenvalue weighted by molar-refractivity contribution is -0.0691. The SMILES string of the molecule is NC(c1ncccn1)C12CC3CC(CC(C3)C1)C2. The number of aromatic nitrogens is 2. The third kappa shape index (κ3) is 1.53. The topological polar surface area (TPSA) is 51.8 Å². The zero-order valence-electron chi connectivity index (χ0n) is 10.8. The Morgan fingerprint density at radius 1 is 1.00 bits per heavy atom. The maximum absolute atomic E-state index is 6.57. The van der Waals surface area contributed by atoms with Crippen LogP contribution in [0.4, 0.5) is 0 Å². The average molecular weight is 243 g/mol. The molecule has 1 atom stereocenters. The van der Waals surface area contributed by atoms with Gasteiger partial charge in [-0.25, -0.2) is 9.97 Å². The summed E-state index contributed by atoms with van der Waals surface area (Å²) in [7, 11) is 0. The van der Waals surface area contributed by atoms with E-state index in [0.29, 0.717) is 5.41 Å². The normalized spacial score (nSPS) is 43.1. The second-order valence-electron chi connectivity index (χ2n) is 6.86. The molecule has 3 nitrogen and oxygen atoms in total. The molecule has 4 bridgehead atoms. The maximum atomic E-state index is 6.57. The molecule has 0 radical (unpaired) electrons. The Morgan fingerprint density at radius 2 is 1.50 bits per heavy atom. The molecule has 1 heterocycles. The summed E-state index contributed by atoms with van der Waals surface area (Å²) >= 11 is 0. The van der Waals surface area contributed by atoms with Gasteiger partial charge in [-0.3, -0.25) is 0 Å². The molecule has 0 aliphatic heterocycles. The highest BCUT2D eigenvalue weighted by molar-refractivity contribution is 5.10. The maximum Gasteiger partial charge on any atom is 0.145 e.